The van der Waals surface area contributed by atoms with Crippen LogP contribution in [0.3, 0.4) is 0 Å². The van der Waals surface area contributed by atoms with Crippen LogP contribution in [-0.2, 0) is 4.79 Å². The summed E-state index contributed by atoms with van der Waals surface area (Å²) >= 11 is 0. The minimum atomic E-state index is -0.0482. The maximum absolute atomic E-state index is 12.9. The van der Waals surface area contributed by atoms with E-state index in [1.807, 2.05) is 12.1 Å². The molecule has 2 aromatic carbocycles. The molecule has 1 aliphatic rings. The fraction of sp³-hybridized carbons (Fsp3) is 0.435. The summed E-state index contributed by atoms with van der Waals surface area (Å²) < 4.78 is 0. The maximum Gasteiger partial charge on any atom is 0.282 e. The largest absolute Gasteiger partial charge is 0.360 e. The van der Waals surface area contributed by atoms with Crippen LogP contribution in [0.5, 0.6) is 0 Å². The van der Waals surface area contributed by atoms with Crippen molar-refractivity contribution in [1.82, 2.24) is 0 Å². The van der Waals surface area contributed by atoms with E-state index in [1.165, 1.54) is 16.2 Å². The number of carbonyl (C=O) groups is 1. The minimum Gasteiger partial charge on any atom is -0.360 e. The highest BCUT2D eigenvalue weighted by molar-refractivity contribution is 5.94. The second-order valence-electron chi connectivity index (χ2n) is 7.59. The van der Waals surface area contributed by atoms with Crippen LogP contribution >= 0.6 is 0 Å². The van der Waals surface area contributed by atoms with E-state index in [0.29, 0.717) is 5.92 Å². The summed E-state index contributed by atoms with van der Waals surface area (Å²) in [5.41, 5.74) is 3.46. The molecule has 1 fully saturated rings. The van der Waals surface area contributed by atoms with Crippen molar-refractivity contribution in [2.45, 2.75) is 39.2 Å². The molecule has 1 amide bonds. The average molecular weight is 367 g/mol. The normalized spacial score (nSPS) is 17.4. The van der Waals surface area contributed by atoms with Crippen LogP contribution in [0, 0.1) is 0 Å². The summed E-state index contributed by atoms with van der Waals surface area (Å²) in [6, 6.07) is 18.7. The number of nitrogens with one attached hydrogen (secondary N) is 2. The lowest BCUT2D eigenvalue weighted by atomic mass is 9.97. The molecule has 0 spiro atoms. The number of rotatable bonds is 6. The van der Waals surface area contributed by atoms with E-state index in [-0.39, 0.29) is 11.9 Å². The van der Waals surface area contributed by atoms with Crippen LogP contribution in [0.25, 0.3) is 0 Å². The molecule has 2 aromatic rings. The van der Waals surface area contributed by atoms with Gasteiger partial charge in [0, 0.05) is 11.4 Å². The van der Waals surface area contributed by atoms with Gasteiger partial charge in [0.2, 0.25) is 0 Å². The summed E-state index contributed by atoms with van der Waals surface area (Å²) in [6.07, 6.45) is 1.06. The van der Waals surface area contributed by atoms with Gasteiger partial charge in [-0.1, -0.05) is 50.2 Å². The smallest absolute Gasteiger partial charge is 0.282 e. The number of anilines is 2. The second kappa shape index (κ2) is 9.05. The van der Waals surface area contributed by atoms with Gasteiger partial charge in [-0.05, 0) is 43.0 Å². The number of amides is 1. The standard InChI is InChI=1S/C23H31N3O/c1-4-18(2)21-12-8-9-13-22(21)24-23(27)19(3)25-14-16-26(17-15-25)20-10-6-5-7-11-20/h5-13,18-19H,4,14-17H2,1-3H3,(H,24,27)/p+1/t18-,19-/m0/s1. The van der Waals surface area contributed by atoms with Crippen LogP contribution < -0.4 is 15.1 Å². The van der Waals surface area contributed by atoms with E-state index < -0.39 is 0 Å². The number of para-hydroxylation sites is 2. The number of hydrogen-bond donors (Lipinski definition) is 2. The molecule has 0 radical (unpaired) electrons. The molecular formula is C23H32N3O+. The summed E-state index contributed by atoms with van der Waals surface area (Å²) in [7, 11) is 0. The summed E-state index contributed by atoms with van der Waals surface area (Å²) in [5.74, 6) is 0.562. The molecule has 2 N–H and O–H groups in total. The average Bonchev–Trinajstić information content (AvgIpc) is 2.73. The van der Waals surface area contributed by atoms with Gasteiger partial charge < -0.3 is 15.1 Å². The molecule has 0 unspecified atom stereocenters. The van der Waals surface area contributed by atoms with Crippen molar-refractivity contribution in [3.8, 4) is 0 Å². The first kappa shape index (κ1) is 19.4. The first-order valence-corrected chi connectivity index (χ1v) is 10.1. The van der Waals surface area contributed by atoms with Crippen LogP contribution in [0.1, 0.15) is 38.7 Å². The molecule has 1 aliphatic heterocycles. The molecule has 144 valence electrons. The molecular weight excluding hydrogens is 334 g/mol. The number of quaternary nitrogens is 1. The Bertz CT molecular complexity index is 738. The number of nitrogens with zero attached hydrogens (tertiary/aromatic N) is 1. The van der Waals surface area contributed by atoms with E-state index in [2.05, 4.69) is 73.5 Å². The zero-order valence-corrected chi connectivity index (χ0v) is 16.7. The van der Waals surface area contributed by atoms with E-state index in [9.17, 15) is 4.79 Å². The highest BCUT2D eigenvalue weighted by Crippen LogP contribution is 2.26. The molecule has 1 saturated heterocycles. The molecule has 4 heteroatoms. The third-order valence-electron chi connectivity index (χ3n) is 5.89. The Morgan fingerprint density at radius 1 is 1.04 bits per heavy atom. The topological polar surface area (TPSA) is 36.8 Å². The number of benzene rings is 2. The number of carbonyl (C=O) groups excluding carboxylic acids is 1. The Labute approximate surface area is 163 Å². The Balaban J connectivity index is 1.59. The van der Waals surface area contributed by atoms with Crippen molar-refractivity contribution in [2.75, 3.05) is 36.4 Å². The first-order valence-electron chi connectivity index (χ1n) is 10.1. The number of hydrogen-bond acceptors (Lipinski definition) is 2. The monoisotopic (exact) mass is 366 g/mol. The quantitative estimate of drug-likeness (QED) is 0.825. The lowest BCUT2D eigenvalue weighted by Crippen LogP contribution is -3.19. The van der Waals surface area contributed by atoms with E-state index in [4.69, 9.17) is 0 Å². The van der Waals surface area contributed by atoms with Gasteiger partial charge in [-0.15, -0.1) is 0 Å². The molecule has 0 bridgehead atoms. The third-order valence-corrected chi connectivity index (χ3v) is 5.89. The zero-order valence-electron chi connectivity index (χ0n) is 16.7. The Morgan fingerprint density at radius 3 is 2.33 bits per heavy atom. The third kappa shape index (κ3) is 4.69. The molecule has 27 heavy (non-hydrogen) atoms. The fourth-order valence-electron chi connectivity index (χ4n) is 3.81. The van der Waals surface area contributed by atoms with Gasteiger partial charge >= 0.3 is 0 Å². The van der Waals surface area contributed by atoms with Gasteiger partial charge in [-0.2, -0.15) is 0 Å². The van der Waals surface area contributed by atoms with Gasteiger partial charge in [-0.25, -0.2) is 0 Å². The Hall–Kier alpha value is -2.33. The van der Waals surface area contributed by atoms with Gasteiger partial charge in [0.1, 0.15) is 0 Å². The predicted molar refractivity (Wildman–Crippen MR) is 113 cm³/mol. The van der Waals surface area contributed by atoms with Gasteiger partial charge in [0.25, 0.3) is 5.91 Å². The second-order valence-corrected chi connectivity index (χ2v) is 7.59. The summed E-state index contributed by atoms with van der Waals surface area (Å²) in [6.45, 7) is 10.4. The highest BCUT2D eigenvalue weighted by Gasteiger charge is 2.29. The van der Waals surface area contributed by atoms with Crippen molar-refractivity contribution < 1.29 is 9.69 Å². The molecule has 0 aromatic heterocycles. The van der Waals surface area contributed by atoms with Crippen LogP contribution in [0.2, 0.25) is 0 Å². The lowest BCUT2D eigenvalue weighted by Gasteiger charge is -2.36. The molecule has 0 saturated carbocycles. The van der Waals surface area contributed by atoms with Gasteiger partial charge in [0.15, 0.2) is 6.04 Å². The Kier molecular flexibility index (Phi) is 6.51. The van der Waals surface area contributed by atoms with Gasteiger partial charge in [-0.3, -0.25) is 4.79 Å². The van der Waals surface area contributed by atoms with Crippen molar-refractivity contribution >= 4 is 17.3 Å². The summed E-state index contributed by atoms with van der Waals surface area (Å²) in [5, 5.41) is 3.19. The minimum absolute atomic E-state index is 0.0482. The van der Waals surface area contributed by atoms with E-state index in [1.54, 1.807) is 0 Å². The van der Waals surface area contributed by atoms with E-state index in [0.717, 1.165) is 38.3 Å². The molecule has 0 aliphatic carbocycles. The van der Waals surface area contributed by atoms with Crippen LogP contribution in [0.4, 0.5) is 11.4 Å². The lowest BCUT2D eigenvalue weighted by molar-refractivity contribution is -0.914. The van der Waals surface area contributed by atoms with Gasteiger partial charge in [0.05, 0.1) is 26.2 Å². The van der Waals surface area contributed by atoms with Crippen molar-refractivity contribution in [3.05, 3.63) is 60.2 Å². The SMILES string of the molecule is CC[C@H](C)c1ccccc1NC(=O)[C@H](C)[NH+]1CCN(c2ccccc2)CC1. The van der Waals surface area contributed by atoms with Crippen molar-refractivity contribution in [3.63, 3.8) is 0 Å². The number of piperazine rings is 1. The molecule has 2 atom stereocenters. The zero-order chi connectivity index (χ0) is 19.2. The molecule has 3 rings (SSSR count). The van der Waals surface area contributed by atoms with Crippen LogP contribution in [0.15, 0.2) is 54.6 Å². The van der Waals surface area contributed by atoms with E-state index >= 15 is 0 Å². The fourth-order valence-corrected chi connectivity index (χ4v) is 3.81. The maximum atomic E-state index is 12.9. The van der Waals surface area contributed by atoms with Crippen molar-refractivity contribution in [2.24, 2.45) is 0 Å². The summed E-state index contributed by atoms with van der Waals surface area (Å²) in [4.78, 5) is 16.7. The van der Waals surface area contributed by atoms with Crippen LogP contribution in [-0.4, -0.2) is 38.1 Å². The van der Waals surface area contributed by atoms with Crippen molar-refractivity contribution in [1.29, 1.82) is 0 Å². The Morgan fingerprint density at radius 2 is 1.67 bits per heavy atom. The molecule has 4 nitrogen and oxygen atoms in total. The first-order chi connectivity index (χ1) is 13.1. The molecule has 1 heterocycles. The predicted octanol–water partition coefficient (Wildman–Crippen LogP) is 2.93. The highest BCUT2D eigenvalue weighted by atomic mass is 16.2.